The molecule has 5 fully saturated rings. The first-order chi connectivity index (χ1) is 34.0. The molecule has 17 nitrogen and oxygen atoms in total. The quantitative estimate of drug-likeness (QED) is 0.0923. The van der Waals surface area contributed by atoms with Crippen LogP contribution < -0.4 is 30.7 Å². The fraction of sp³-hybridized carbons (Fsp3) is 0.604. The Kier molecular flexibility index (Phi) is 19.3. The number of hydrogen-bond donors (Lipinski definition) is 5. The zero-order valence-electron chi connectivity index (χ0n) is 41.1. The molecule has 0 bridgehead atoms. The van der Waals surface area contributed by atoms with Gasteiger partial charge in [-0.15, -0.1) is 0 Å². The molecule has 1 aromatic carbocycles. The predicted octanol–water partition coefficient (Wildman–Crippen LogP) is 7.95. The summed E-state index contributed by atoms with van der Waals surface area (Å²) in [7, 11) is 0. The number of carboxylic acids is 2. The Morgan fingerprint density at radius 1 is 0.600 bits per heavy atom. The number of aromatic nitrogens is 2. The Bertz CT molecular complexity index is 2190. The van der Waals surface area contributed by atoms with E-state index in [1.165, 1.54) is 25.7 Å². The third-order valence-electron chi connectivity index (χ3n) is 14.3. The molecule has 2 saturated carbocycles. The molecular weight excluding hydrogens is 891 g/mol. The first-order valence-electron chi connectivity index (χ1n) is 26.0. The standard InChI is InChI=1S/C31H41N5O5.C22H34N4O3/c37-28(38)20-24-10-7-15-36(21-24)27-14-13-26(30(39)32-25-11-5-2-6-12-25)29(33-27)34-16-18-35(19-17-34)31(40)41-22-23-8-3-1-4-9-23;1-2-12-23-21-18(22(29)24-17-8-4-3-5-9-17)10-11-19(25-21)26-13-6-7-16(15-26)14-20(27)28/h1,3-4,8-9,13-14,24-25H,2,5-7,10-12,15-22H2,(H,32,39)(H,37,38);10-11,16-17H,2-9,12-15H2,1H3,(H,23,25)(H,24,29)(H,27,28)/t24-;16-/m00/s1. The number of amides is 3. The van der Waals surface area contributed by atoms with E-state index in [1.54, 1.807) is 4.90 Å². The minimum absolute atomic E-state index is 0.0584. The number of carbonyl (C=O) groups is 5. The maximum Gasteiger partial charge on any atom is 0.410 e. The van der Waals surface area contributed by atoms with Gasteiger partial charge in [0.15, 0.2) is 0 Å². The van der Waals surface area contributed by atoms with Gasteiger partial charge in [0.25, 0.3) is 11.8 Å². The number of rotatable bonds is 16. The van der Waals surface area contributed by atoms with Gasteiger partial charge in [-0.05, 0) is 99.5 Å². The minimum atomic E-state index is -0.777. The van der Waals surface area contributed by atoms with Crippen molar-refractivity contribution in [3.8, 4) is 0 Å². The van der Waals surface area contributed by atoms with Crippen LogP contribution in [-0.4, -0.2) is 126 Å². The SMILES string of the molecule is CCCNc1nc(N2CCC[C@@H](CC(=O)O)C2)ccc1C(=O)NC1CCCCC1.O=C(O)C[C@@H]1CCCN(c2ccc(C(=O)NC3CCCCC3)c(N3CCN(C(=O)OCc4ccccc4)CC3)n2)C1. The van der Waals surface area contributed by atoms with Crippen LogP contribution >= 0.6 is 0 Å². The summed E-state index contributed by atoms with van der Waals surface area (Å²) in [4.78, 5) is 79.4. The Balaban J connectivity index is 0.000000219. The van der Waals surface area contributed by atoms with Crippen molar-refractivity contribution in [2.45, 2.75) is 135 Å². The summed E-state index contributed by atoms with van der Waals surface area (Å²) in [6.07, 6.45) is 15.8. The van der Waals surface area contributed by atoms with E-state index in [0.717, 1.165) is 107 Å². The molecule has 0 spiro atoms. The van der Waals surface area contributed by atoms with Crippen molar-refractivity contribution in [2.24, 2.45) is 11.8 Å². The third kappa shape index (κ3) is 15.2. The number of piperazine rings is 1. The van der Waals surface area contributed by atoms with Crippen molar-refractivity contribution in [1.82, 2.24) is 25.5 Å². The van der Waals surface area contributed by atoms with Crippen LogP contribution in [0.1, 0.15) is 142 Å². The molecule has 0 unspecified atom stereocenters. The molecule has 17 heteroatoms. The Morgan fingerprint density at radius 3 is 1.67 bits per heavy atom. The second-order valence-electron chi connectivity index (χ2n) is 19.8. The van der Waals surface area contributed by atoms with E-state index in [2.05, 4.69) is 37.6 Å². The van der Waals surface area contributed by atoms with E-state index in [9.17, 15) is 29.1 Å². The first-order valence-corrected chi connectivity index (χ1v) is 26.0. The average Bonchev–Trinajstić information content (AvgIpc) is 3.38. The van der Waals surface area contributed by atoms with E-state index < -0.39 is 11.9 Å². The molecule has 2 aliphatic carbocycles. The highest BCUT2D eigenvalue weighted by atomic mass is 16.6. The van der Waals surface area contributed by atoms with Crippen molar-refractivity contribution < 1.29 is 38.9 Å². The Morgan fingerprint density at radius 2 is 1.13 bits per heavy atom. The molecule has 0 radical (unpaired) electrons. The van der Waals surface area contributed by atoms with Crippen LogP contribution in [0.5, 0.6) is 0 Å². The number of piperidine rings is 2. The van der Waals surface area contributed by atoms with Crippen LogP contribution in [0.15, 0.2) is 54.6 Å². The van der Waals surface area contributed by atoms with Gasteiger partial charge in [0, 0.05) is 83.8 Å². The Hall–Kier alpha value is -6.13. The maximum atomic E-state index is 13.5. The molecule has 380 valence electrons. The highest BCUT2D eigenvalue weighted by molar-refractivity contribution is 6.00. The topological polar surface area (TPSA) is 210 Å². The lowest BCUT2D eigenvalue weighted by molar-refractivity contribution is -0.139. The molecule has 5 heterocycles. The van der Waals surface area contributed by atoms with Crippen molar-refractivity contribution in [2.75, 3.05) is 78.9 Å². The summed E-state index contributed by atoms with van der Waals surface area (Å²) < 4.78 is 5.53. The van der Waals surface area contributed by atoms with E-state index in [-0.39, 0.29) is 61.3 Å². The molecule has 8 rings (SSSR count). The van der Waals surface area contributed by atoms with E-state index in [4.69, 9.17) is 19.8 Å². The van der Waals surface area contributed by atoms with Crippen LogP contribution in [0.2, 0.25) is 0 Å². The van der Waals surface area contributed by atoms with Gasteiger partial charge in [0.1, 0.15) is 29.9 Å². The van der Waals surface area contributed by atoms with Crippen molar-refractivity contribution in [1.29, 1.82) is 0 Å². The number of aliphatic carboxylic acids is 2. The monoisotopic (exact) mass is 966 g/mol. The smallest absolute Gasteiger partial charge is 0.410 e. The van der Waals surface area contributed by atoms with E-state index in [0.29, 0.717) is 62.0 Å². The number of hydrogen-bond acceptors (Lipinski definition) is 12. The molecule has 5 aliphatic rings. The first kappa shape index (κ1) is 51.7. The summed E-state index contributed by atoms with van der Waals surface area (Å²) in [5.41, 5.74) is 2.07. The molecule has 3 aliphatic heterocycles. The normalized spacial score (nSPS) is 20.1. The summed E-state index contributed by atoms with van der Waals surface area (Å²) in [6, 6.07) is 17.6. The maximum absolute atomic E-state index is 13.5. The van der Waals surface area contributed by atoms with Gasteiger partial charge in [0.05, 0.1) is 11.1 Å². The van der Waals surface area contributed by atoms with Crippen LogP contribution in [0, 0.1) is 11.8 Å². The molecule has 2 aromatic heterocycles. The molecule has 3 saturated heterocycles. The lowest BCUT2D eigenvalue weighted by Gasteiger charge is -2.37. The molecular formula is C53H75N9O8. The minimum Gasteiger partial charge on any atom is -0.481 e. The summed E-state index contributed by atoms with van der Waals surface area (Å²) in [6.45, 7) is 8.05. The van der Waals surface area contributed by atoms with Gasteiger partial charge in [-0.2, -0.15) is 0 Å². The number of carbonyl (C=O) groups excluding carboxylic acids is 3. The number of anilines is 4. The fourth-order valence-corrected chi connectivity index (χ4v) is 10.5. The molecule has 3 aromatic rings. The zero-order valence-corrected chi connectivity index (χ0v) is 41.1. The third-order valence-corrected chi connectivity index (χ3v) is 14.3. The van der Waals surface area contributed by atoms with Crippen LogP contribution in [0.25, 0.3) is 0 Å². The number of nitrogens with one attached hydrogen (secondary N) is 3. The zero-order chi connectivity index (χ0) is 49.2. The van der Waals surface area contributed by atoms with Gasteiger partial charge in [0.2, 0.25) is 0 Å². The van der Waals surface area contributed by atoms with Crippen LogP contribution in [-0.2, 0) is 20.9 Å². The van der Waals surface area contributed by atoms with Gasteiger partial charge in [-0.25, -0.2) is 14.8 Å². The highest BCUT2D eigenvalue weighted by Gasteiger charge is 2.30. The Labute approximate surface area is 413 Å². The number of pyridine rings is 2. The fourth-order valence-electron chi connectivity index (χ4n) is 10.5. The average molecular weight is 966 g/mol. The largest absolute Gasteiger partial charge is 0.481 e. The van der Waals surface area contributed by atoms with Crippen molar-refractivity contribution >= 4 is 53.1 Å². The molecule has 3 amide bonds. The lowest BCUT2D eigenvalue weighted by Crippen LogP contribution is -2.50. The number of benzene rings is 1. The second-order valence-corrected chi connectivity index (χ2v) is 19.8. The number of carboxylic acid groups (broad SMARTS) is 2. The van der Waals surface area contributed by atoms with Crippen molar-refractivity contribution in [3.05, 3.63) is 71.3 Å². The lowest BCUT2D eigenvalue weighted by atomic mass is 9.95. The van der Waals surface area contributed by atoms with E-state index in [1.807, 2.05) is 54.6 Å². The second kappa shape index (κ2) is 26.2. The summed E-state index contributed by atoms with van der Waals surface area (Å²) in [5.74, 6) is 1.34. The van der Waals surface area contributed by atoms with E-state index >= 15 is 0 Å². The van der Waals surface area contributed by atoms with Gasteiger partial charge in [-0.3, -0.25) is 19.2 Å². The molecule has 2 atom stereocenters. The predicted molar refractivity (Wildman–Crippen MR) is 271 cm³/mol. The van der Waals surface area contributed by atoms with Crippen LogP contribution in [0.4, 0.5) is 28.1 Å². The summed E-state index contributed by atoms with van der Waals surface area (Å²) >= 11 is 0. The van der Waals surface area contributed by atoms with Crippen LogP contribution in [0.3, 0.4) is 0 Å². The molecule has 70 heavy (non-hydrogen) atoms. The van der Waals surface area contributed by atoms with Crippen molar-refractivity contribution in [3.63, 3.8) is 0 Å². The summed E-state index contributed by atoms with van der Waals surface area (Å²) in [5, 5.41) is 28.1. The number of nitrogens with zero attached hydrogens (tertiary/aromatic N) is 6. The van der Waals surface area contributed by atoms with Gasteiger partial charge >= 0.3 is 18.0 Å². The van der Waals surface area contributed by atoms with Gasteiger partial charge in [-0.1, -0.05) is 75.8 Å². The van der Waals surface area contributed by atoms with Gasteiger partial charge < -0.3 is 50.5 Å². The highest BCUT2D eigenvalue weighted by Crippen LogP contribution is 2.30. The molecule has 5 N–H and O–H groups in total. The number of ether oxygens (including phenoxy) is 1.